The summed E-state index contributed by atoms with van der Waals surface area (Å²) < 4.78 is 5.41. The molecule has 2 saturated heterocycles. The zero-order valence-electron chi connectivity index (χ0n) is 21.2. The van der Waals surface area contributed by atoms with E-state index in [9.17, 15) is 5.11 Å². The van der Waals surface area contributed by atoms with Crippen molar-refractivity contribution in [3.8, 4) is 28.8 Å². The van der Waals surface area contributed by atoms with Gasteiger partial charge in [-0.15, -0.1) is 10.2 Å². The van der Waals surface area contributed by atoms with Crippen LogP contribution in [-0.2, 0) is 4.74 Å². The molecule has 9 heteroatoms. The highest BCUT2D eigenvalue weighted by atomic mass is 16.5. The van der Waals surface area contributed by atoms with Crippen molar-refractivity contribution in [3.63, 3.8) is 0 Å². The summed E-state index contributed by atoms with van der Waals surface area (Å²) in [4.78, 5) is 11.4. The molecular formula is C28H33N7O2. The maximum absolute atomic E-state index is 10.3. The number of phenolic OH excluding ortho intramolecular Hbond substituents is 1. The van der Waals surface area contributed by atoms with E-state index >= 15 is 0 Å². The van der Waals surface area contributed by atoms with Gasteiger partial charge in [0.1, 0.15) is 11.4 Å². The first-order chi connectivity index (χ1) is 18.1. The van der Waals surface area contributed by atoms with Gasteiger partial charge in [-0.25, -0.2) is 4.98 Å². The van der Waals surface area contributed by atoms with Crippen LogP contribution in [0.2, 0.25) is 0 Å². The second kappa shape index (κ2) is 11.5. The van der Waals surface area contributed by atoms with Crippen molar-refractivity contribution < 1.29 is 9.84 Å². The summed E-state index contributed by atoms with van der Waals surface area (Å²) in [6, 6.07) is 13.5. The quantitative estimate of drug-likeness (QED) is 0.524. The average Bonchev–Trinajstić information content (AvgIpc) is 3.12. The molecule has 3 N–H and O–H groups in total. The summed E-state index contributed by atoms with van der Waals surface area (Å²) in [6.45, 7) is 8.81. The molecule has 3 aromatic rings. The number of phenols is 1. The first-order valence-corrected chi connectivity index (χ1v) is 12.8. The van der Waals surface area contributed by atoms with Gasteiger partial charge < -0.3 is 25.4 Å². The lowest BCUT2D eigenvalue weighted by atomic mass is 10.1. The molecule has 5 rings (SSSR count). The molecule has 0 bridgehead atoms. The summed E-state index contributed by atoms with van der Waals surface area (Å²) in [5.74, 6) is 7.07. The molecule has 2 aliphatic heterocycles. The number of aromatic hydroxyl groups is 1. The molecule has 2 aromatic heterocycles. The van der Waals surface area contributed by atoms with E-state index < -0.39 is 0 Å². The first kappa shape index (κ1) is 24.8. The molecule has 1 aromatic carbocycles. The number of hydrogen-bond acceptors (Lipinski definition) is 9. The number of para-hydroxylation sites is 1. The fourth-order valence-corrected chi connectivity index (χ4v) is 4.82. The van der Waals surface area contributed by atoms with Gasteiger partial charge in [0.15, 0.2) is 5.82 Å². The number of aromatic nitrogens is 3. The van der Waals surface area contributed by atoms with Gasteiger partial charge in [-0.1, -0.05) is 18.1 Å². The molecule has 9 nitrogen and oxygen atoms in total. The van der Waals surface area contributed by atoms with E-state index in [-0.39, 0.29) is 5.75 Å². The van der Waals surface area contributed by atoms with Crippen molar-refractivity contribution in [2.24, 2.45) is 0 Å². The molecule has 0 aliphatic carbocycles. The van der Waals surface area contributed by atoms with Crippen LogP contribution >= 0.6 is 0 Å². The number of rotatable bonds is 4. The van der Waals surface area contributed by atoms with Crippen LogP contribution in [0.5, 0.6) is 5.75 Å². The Morgan fingerprint density at radius 2 is 1.89 bits per heavy atom. The molecule has 37 heavy (non-hydrogen) atoms. The number of hydrogen-bond donors (Lipinski definition) is 2. The van der Waals surface area contributed by atoms with Crippen LogP contribution < -0.4 is 15.5 Å². The molecule has 4 heterocycles. The van der Waals surface area contributed by atoms with E-state index in [0.717, 1.165) is 76.0 Å². The van der Waals surface area contributed by atoms with Crippen molar-refractivity contribution in [1.29, 1.82) is 0 Å². The Morgan fingerprint density at radius 3 is 2.73 bits per heavy atom. The molecule has 2 fully saturated rings. The lowest BCUT2D eigenvalue weighted by Gasteiger charge is -2.29. The van der Waals surface area contributed by atoms with Gasteiger partial charge in [-0.05, 0) is 49.6 Å². The van der Waals surface area contributed by atoms with Crippen LogP contribution in [0.15, 0.2) is 48.7 Å². The Kier molecular flexibility index (Phi) is 7.68. The zero-order valence-corrected chi connectivity index (χ0v) is 21.2. The minimum absolute atomic E-state index is 0.171. The second-order valence-electron chi connectivity index (χ2n) is 9.42. The number of anilines is 3. The average molecular weight is 500 g/mol. The molecular weight excluding hydrogens is 466 g/mol. The van der Waals surface area contributed by atoms with Gasteiger partial charge in [0.05, 0.1) is 31.1 Å². The minimum Gasteiger partial charge on any atom is -0.507 e. The number of nitrogen functional groups attached to an aromatic ring is 1. The van der Waals surface area contributed by atoms with Crippen LogP contribution in [0.3, 0.4) is 0 Å². The second-order valence-corrected chi connectivity index (χ2v) is 9.42. The van der Waals surface area contributed by atoms with Gasteiger partial charge in [0.25, 0.3) is 0 Å². The zero-order chi connectivity index (χ0) is 25.6. The van der Waals surface area contributed by atoms with E-state index in [0.29, 0.717) is 23.1 Å². The topological polar surface area (TPSA) is 104 Å². The summed E-state index contributed by atoms with van der Waals surface area (Å²) in [6.07, 6.45) is 2.79. The maximum atomic E-state index is 10.3. The lowest BCUT2D eigenvalue weighted by Crippen LogP contribution is -2.36. The molecule has 0 saturated carbocycles. The Hall–Kier alpha value is -3.87. The van der Waals surface area contributed by atoms with Crippen molar-refractivity contribution in [2.45, 2.75) is 19.4 Å². The van der Waals surface area contributed by atoms with Crippen LogP contribution in [0.4, 0.5) is 17.2 Å². The van der Waals surface area contributed by atoms with Gasteiger partial charge in [-0.3, -0.25) is 4.90 Å². The predicted octanol–water partition coefficient (Wildman–Crippen LogP) is 2.62. The van der Waals surface area contributed by atoms with Gasteiger partial charge >= 0.3 is 0 Å². The Morgan fingerprint density at radius 1 is 1.05 bits per heavy atom. The van der Waals surface area contributed by atoms with Gasteiger partial charge in [-0.2, -0.15) is 0 Å². The van der Waals surface area contributed by atoms with Crippen LogP contribution in [-0.4, -0.2) is 83.7 Å². The molecule has 0 unspecified atom stereocenters. The Bertz CT molecular complexity index is 1280. The molecule has 0 radical (unpaired) electrons. The standard InChI is InChI=1S/C28H33N7O2/c1-21-9-12-34(26-20-25(31-32-28(26)29)24-6-2-3-7-27(24)36)13-14-35(21)23-8-10-30-22(19-23)5-4-11-33-15-17-37-18-16-33/h2-3,6-8,10,19-21,36H,9,11-18H2,1H3,(H2,29,32)/t21-/m1/s1. The number of ether oxygens (including phenoxy) is 1. The number of benzene rings is 1. The maximum Gasteiger partial charge on any atom is 0.169 e. The number of pyridine rings is 1. The van der Waals surface area contributed by atoms with Crippen LogP contribution in [0.25, 0.3) is 11.3 Å². The van der Waals surface area contributed by atoms with E-state index in [1.54, 1.807) is 12.1 Å². The van der Waals surface area contributed by atoms with E-state index in [4.69, 9.17) is 10.5 Å². The number of nitrogens with two attached hydrogens (primary N) is 1. The van der Waals surface area contributed by atoms with E-state index in [2.05, 4.69) is 60.8 Å². The molecule has 1 atom stereocenters. The third-order valence-corrected chi connectivity index (χ3v) is 6.98. The smallest absolute Gasteiger partial charge is 0.169 e. The Balaban J connectivity index is 1.30. The van der Waals surface area contributed by atoms with Crippen molar-refractivity contribution in [1.82, 2.24) is 20.1 Å². The summed E-state index contributed by atoms with van der Waals surface area (Å²) in [5, 5.41) is 18.7. The molecule has 2 aliphatic rings. The van der Waals surface area contributed by atoms with Gasteiger partial charge in [0.2, 0.25) is 0 Å². The third kappa shape index (κ3) is 5.93. The van der Waals surface area contributed by atoms with Crippen LogP contribution in [0, 0.1) is 11.8 Å². The lowest BCUT2D eigenvalue weighted by molar-refractivity contribution is 0.0443. The molecule has 0 amide bonds. The molecule has 192 valence electrons. The SMILES string of the molecule is C[C@@H]1CCN(c2cc(-c3ccccc3O)nnc2N)CCN1c1ccnc(C#CCN2CCOCC2)c1. The highest BCUT2D eigenvalue weighted by Crippen LogP contribution is 2.32. The summed E-state index contributed by atoms with van der Waals surface area (Å²) >= 11 is 0. The summed E-state index contributed by atoms with van der Waals surface area (Å²) in [7, 11) is 0. The highest BCUT2D eigenvalue weighted by molar-refractivity contribution is 5.74. The fourth-order valence-electron chi connectivity index (χ4n) is 4.82. The summed E-state index contributed by atoms with van der Waals surface area (Å²) in [5.41, 5.74) is 10.3. The van der Waals surface area contributed by atoms with E-state index in [1.807, 2.05) is 24.4 Å². The highest BCUT2D eigenvalue weighted by Gasteiger charge is 2.24. The largest absolute Gasteiger partial charge is 0.507 e. The van der Waals surface area contributed by atoms with Crippen molar-refractivity contribution in [3.05, 3.63) is 54.4 Å². The van der Waals surface area contributed by atoms with Crippen LogP contribution in [0.1, 0.15) is 19.0 Å². The van der Waals surface area contributed by atoms with E-state index in [1.165, 1.54) is 0 Å². The fraction of sp³-hybridized carbons (Fsp3) is 0.393. The van der Waals surface area contributed by atoms with Gasteiger partial charge in [0, 0.05) is 56.2 Å². The van der Waals surface area contributed by atoms with Crippen molar-refractivity contribution >= 4 is 17.2 Å². The molecule has 0 spiro atoms. The van der Waals surface area contributed by atoms with Crippen molar-refractivity contribution in [2.75, 3.05) is 68.0 Å². The normalized spacial score (nSPS) is 18.7. The Labute approximate surface area is 217 Å². The first-order valence-electron chi connectivity index (χ1n) is 12.8. The predicted molar refractivity (Wildman–Crippen MR) is 146 cm³/mol. The monoisotopic (exact) mass is 499 g/mol. The number of nitrogens with zero attached hydrogens (tertiary/aromatic N) is 6. The third-order valence-electron chi connectivity index (χ3n) is 6.98. The number of morpholine rings is 1. The minimum atomic E-state index is 0.171.